The van der Waals surface area contributed by atoms with E-state index in [4.69, 9.17) is 28.9 Å². The summed E-state index contributed by atoms with van der Waals surface area (Å²) >= 11 is 12.4. The van der Waals surface area contributed by atoms with E-state index in [2.05, 4.69) is 24.3 Å². The molecule has 1 aliphatic heterocycles. The van der Waals surface area contributed by atoms with Crippen molar-refractivity contribution in [3.8, 4) is 0 Å². The van der Waals surface area contributed by atoms with E-state index in [0.717, 1.165) is 28.3 Å². The van der Waals surface area contributed by atoms with Crippen LogP contribution in [0.1, 0.15) is 55.6 Å². The average molecular weight is 476 g/mol. The van der Waals surface area contributed by atoms with Crippen molar-refractivity contribution in [1.82, 2.24) is 9.78 Å². The van der Waals surface area contributed by atoms with Gasteiger partial charge in [-0.1, -0.05) is 63.4 Å². The summed E-state index contributed by atoms with van der Waals surface area (Å²) in [4.78, 5) is 15.0. The molecule has 172 valence electrons. The van der Waals surface area contributed by atoms with Crippen molar-refractivity contribution in [3.63, 3.8) is 0 Å². The fraction of sp³-hybridized carbons (Fsp3) is 0.333. The number of nitrogens with zero attached hydrogens (tertiary/aromatic N) is 3. The highest BCUT2D eigenvalue weighted by Gasteiger charge is 2.27. The van der Waals surface area contributed by atoms with Crippen molar-refractivity contribution in [1.29, 1.82) is 0 Å². The number of hydrogen-bond acceptors (Lipinski definition) is 4. The number of carbonyl (C=O) groups excluding carboxylic acids is 1. The fourth-order valence-electron chi connectivity index (χ4n) is 3.17. The van der Waals surface area contributed by atoms with Gasteiger partial charge in [-0.25, -0.2) is 0 Å². The largest absolute Gasteiger partial charge is 0.338 e. The zero-order valence-electron chi connectivity index (χ0n) is 19.2. The molecule has 8 heteroatoms. The Morgan fingerprint density at radius 2 is 1.84 bits per heavy atom. The standard InChI is InChI=1S/C19H17Cl2N5O.C3H8.C2H6/c1-25-18-13(9-23-25)10-26(17-5-4-14(20)7-16(17)24-18)19(27)11-2-3-12(8-22)15(21)6-11;1-3-2;1-2/h2-7,9,24H,8,10,22H2,1H3;3H2,1-2H3;1-2H3. The maximum atomic E-state index is 13.3. The Balaban J connectivity index is 0.000000671. The molecule has 0 atom stereocenters. The highest BCUT2D eigenvalue weighted by Crippen LogP contribution is 2.38. The molecule has 32 heavy (non-hydrogen) atoms. The number of rotatable bonds is 2. The molecule has 0 unspecified atom stereocenters. The van der Waals surface area contributed by atoms with Gasteiger partial charge in [-0.3, -0.25) is 9.48 Å². The van der Waals surface area contributed by atoms with Crippen LogP contribution >= 0.6 is 23.2 Å². The molecule has 2 aromatic carbocycles. The lowest BCUT2D eigenvalue weighted by molar-refractivity contribution is 0.0985. The summed E-state index contributed by atoms with van der Waals surface area (Å²) in [6.07, 6.45) is 3.00. The summed E-state index contributed by atoms with van der Waals surface area (Å²) in [6.45, 7) is 8.95. The van der Waals surface area contributed by atoms with Crippen LogP contribution in [0.25, 0.3) is 0 Å². The zero-order chi connectivity index (χ0) is 23.8. The predicted molar refractivity (Wildman–Crippen MR) is 135 cm³/mol. The molecule has 0 bridgehead atoms. The molecular weight excluding hydrogens is 445 g/mol. The van der Waals surface area contributed by atoms with E-state index in [0.29, 0.717) is 28.7 Å². The van der Waals surface area contributed by atoms with Crippen molar-refractivity contribution in [2.24, 2.45) is 12.8 Å². The van der Waals surface area contributed by atoms with Gasteiger partial charge < -0.3 is 16.0 Å². The normalized spacial score (nSPS) is 11.6. The van der Waals surface area contributed by atoms with E-state index in [1.54, 1.807) is 46.1 Å². The number of carbonyl (C=O) groups is 1. The summed E-state index contributed by atoms with van der Waals surface area (Å²) < 4.78 is 1.74. The SMILES string of the molecule is CC.CCC.Cn1ncc2c1Nc1cc(Cl)ccc1N(C(=O)c1ccc(CN)c(Cl)c1)C2. The first-order valence-electron chi connectivity index (χ1n) is 10.8. The molecule has 2 heterocycles. The van der Waals surface area contributed by atoms with Crippen LogP contribution in [0.5, 0.6) is 0 Å². The first-order valence-corrected chi connectivity index (χ1v) is 11.5. The van der Waals surface area contributed by atoms with Crippen LogP contribution in [0.4, 0.5) is 17.2 Å². The van der Waals surface area contributed by atoms with Crippen molar-refractivity contribution in [2.45, 2.75) is 47.2 Å². The van der Waals surface area contributed by atoms with Gasteiger partial charge >= 0.3 is 0 Å². The molecule has 3 N–H and O–H groups in total. The summed E-state index contributed by atoms with van der Waals surface area (Å²) in [7, 11) is 1.85. The quantitative estimate of drug-likeness (QED) is 0.441. The van der Waals surface area contributed by atoms with Gasteiger partial charge in [0.25, 0.3) is 5.91 Å². The highest BCUT2D eigenvalue weighted by atomic mass is 35.5. The van der Waals surface area contributed by atoms with Gasteiger partial charge in [0.05, 0.1) is 24.1 Å². The summed E-state index contributed by atoms with van der Waals surface area (Å²) in [5.41, 5.74) is 9.33. The Kier molecular flexibility index (Phi) is 9.57. The van der Waals surface area contributed by atoms with Crippen LogP contribution in [0.15, 0.2) is 42.6 Å². The summed E-state index contributed by atoms with van der Waals surface area (Å²) in [5.74, 6) is 0.660. The first-order chi connectivity index (χ1) is 15.4. The summed E-state index contributed by atoms with van der Waals surface area (Å²) in [6, 6.07) is 10.6. The number of halogens is 2. The lowest BCUT2D eigenvalue weighted by atomic mass is 10.1. The lowest BCUT2D eigenvalue weighted by Gasteiger charge is -2.23. The third-order valence-electron chi connectivity index (χ3n) is 4.61. The first kappa shape index (κ1) is 25.7. The Morgan fingerprint density at radius 1 is 1.16 bits per heavy atom. The van der Waals surface area contributed by atoms with Gasteiger partial charge in [-0.05, 0) is 35.9 Å². The number of fused-ring (bicyclic) bond motifs is 2. The molecular formula is C24H31Cl2N5O. The van der Waals surface area contributed by atoms with Crippen LogP contribution in [0.3, 0.4) is 0 Å². The van der Waals surface area contributed by atoms with Crippen molar-refractivity contribution in [2.75, 3.05) is 10.2 Å². The van der Waals surface area contributed by atoms with Gasteiger partial charge in [0, 0.05) is 34.8 Å². The van der Waals surface area contributed by atoms with Crippen LogP contribution in [0, 0.1) is 0 Å². The second kappa shape index (κ2) is 11.9. The Morgan fingerprint density at radius 3 is 2.47 bits per heavy atom. The maximum Gasteiger partial charge on any atom is 0.258 e. The second-order valence-corrected chi connectivity index (χ2v) is 7.88. The van der Waals surface area contributed by atoms with Gasteiger partial charge in [0.15, 0.2) is 0 Å². The van der Waals surface area contributed by atoms with Gasteiger partial charge in [0.2, 0.25) is 0 Å². The number of amides is 1. The molecule has 3 aromatic rings. The molecule has 4 rings (SSSR count). The topological polar surface area (TPSA) is 76.2 Å². The minimum absolute atomic E-state index is 0.164. The average Bonchev–Trinajstić information content (AvgIpc) is 3.03. The number of nitrogens with one attached hydrogen (secondary N) is 1. The highest BCUT2D eigenvalue weighted by molar-refractivity contribution is 6.32. The van der Waals surface area contributed by atoms with Crippen LogP contribution in [-0.2, 0) is 20.1 Å². The Hall–Kier alpha value is -2.54. The molecule has 0 saturated carbocycles. The molecule has 0 aliphatic carbocycles. The molecule has 6 nitrogen and oxygen atoms in total. The monoisotopic (exact) mass is 475 g/mol. The molecule has 0 spiro atoms. The number of anilines is 3. The molecule has 1 aromatic heterocycles. The fourth-order valence-corrected chi connectivity index (χ4v) is 3.60. The third kappa shape index (κ3) is 5.63. The van der Waals surface area contributed by atoms with Crippen molar-refractivity contribution >= 4 is 46.3 Å². The molecule has 0 saturated heterocycles. The number of nitrogens with two attached hydrogens (primary N) is 1. The second-order valence-electron chi connectivity index (χ2n) is 7.04. The zero-order valence-corrected chi connectivity index (χ0v) is 20.8. The molecule has 0 radical (unpaired) electrons. The van der Waals surface area contributed by atoms with Crippen molar-refractivity contribution in [3.05, 3.63) is 69.3 Å². The van der Waals surface area contributed by atoms with E-state index in [1.165, 1.54) is 6.42 Å². The molecule has 1 amide bonds. The van der Waals surface area contributed by atoms with Gasteiger partial charge in [0.1, 0.15) is 5.82 Å². The number of hydrogen-bond donors (Lipinski definition) is 2. The van der Waals surface area contributed by atoms with E-state index in [-0.39, 0.29) is 5.91 Å². The minimum Gasteiger partial charge on any atom is -0.338 e. The van der Waals surface area contributed by atoms with Gasteiger partial charge in [-0.2, -0.15) is 5.10 Å². The van der Waals surface area contributed by atoms with Gasteiger partial charge in [-0.15, -0.1) is 0 Å². The Bertz CT molecular complexity index is 1060. The van der Waals surface area contributed by atoms with Crippen LogP contribution in [-0.4, -0.2) is 15.7 Å². The Labute approximate surface area is 200 Å². The number of benzene rings is 2. The molecule has 1 aliphatic rings. The van der Waals surface area contributed by atoms with E-state index < -0.39 is 0 Å². The lowest BCUT2D eigenvalue weighted by Crippen LogP contribution is -2.30. The van der Waals surface area contributed by atoms with E-state index >= 15 is 0 Å². The van der Waals surface area contributed by atoms with Crippen LogP contribution in [0.2, 0.25) is 10.0 Å². The van der Waals surface area contributed by atoms with Crippen LogP contribution < -0.4 is 16.0 Å². The van der Waals surface area contributed by atoms with E-state index in [9.17, 15) is 4.79 Å². The number of aryl methyl sites for hydroxylation is 1. The van der Waals surface area contributed by atoms with E-state index in [1.807, 2.05) is 27.0 Å². The third-order valence-corrected chi connectivity index (χ3v) is 5.20. The van der Waals surface area contributed by atoms with Crippen molar-refractivity contribution < 1.29 is 4.79 Å². The number of aromatic nitrogens is 2. The summed E-state index contributed by atoms with van der Waals surface area (Å²) in [5, 5.41) is 8.68. The smallest absolute Gasteiger partial charge is 0.258 e. The predicted octanol–water partition coefficient (Wildman–Crippen LogP) is 6.53. The maximum absolute atomic E-state index is 13.3. The minimum atomic E-state index is -0.164. The molecule has 0 fully saturated rings.